The number of hydrogen-bond donors (Lipinski definition) is 1. The first kappa shape index (κ1) is 12.1. The van der Waals surface area contributed by atoms with Gasteiger partial charge in [0.2, 0.25) is 9.84 Å². The van der Waals surface area contributed by atoms with Crippen LogP contribution in [0, 0.1) is 0 Å². The lowest BCUT2D eigenvalue weighted by Crippen LogP contribution is -2.07. The van der Waals surface area contributed by atoms with Crippen LogP contribution in [0.4, 0.5) is 0 Å². The molecule has 7 heteroatoms. The molecule has 19 heavy (non-hydrogen) atoms. The Morgan fingerprint density at radius 3 is 2.53 bits per heavy atom. The molecule has 0 saturated carbocycles. The van der Waals surface area contributed by atoms with E-state index in [1.807, 2.05) is 0 Å². The van der Waals surface area contributed by atoms with Crippen LogP contribution < -0.4 is 0 Å². The Balaban J connectivity index is 2.24. The third-order valence-electron chi connectivity index (χ3n) is 2.64. The van der Waals surface area contributed by atoms with Crippen molar-refractivity contribution in [3.8, 4) is 0 Å². The van der Waals surface area contributed by atoms with Crippen LogP contribution in [0.25, 0.3) is 11.0 Å². The first-order valence-corrected chi connectivity index (χ1v) is 7.26. The minimum absolute atomic E-state index is 0.0875. The molecule has 0 fully saturated rings. The molecule has 1 aromatic carbocycles. The summed E-state index contributed by atoms with van der Waals surface area (Å²) in [6.45, 7) is 0. The molecule has 0 spiro atoms. The van der Waals surface area contributed by atoms with Gasteiger partial charge >= 0.3 is 0 Å². The number of sulfone groups is 1. The highest BCUT2D eigenvalue weighted by Gasteiger charge is 2.22. The number of aromatic nitrogens is 3. The van der Waals surface area contributed by atoms with Crippen molar-refractivity contribution in [2.45, 2.75) is 10.1 Å². The van der Waals surface area contributed by atoms with Crippen molar-refractivity contribution in [3.05, 3.63) is 47.7 Å². The maximum absolute atomic E-state index is 12.4. The quantitative estimate of drug-likeness (QED) is 0.581. The Kier molecular flexibility index (Phi) is 2.76. The Morgan fingerprint density at radius 2 is 1.79 bits per heavy atom. The lowest BCUT2D eigenvalue weighted by atomic mass is 10.4. The van der Waals surface area contributed by atoms with E-state index >= 15 is 0 Å². The van der Waals surface area contributed by atoms with Gasteiger partial charge in [-0.25, -0.2) is 18.4 Å². The zero-order chi connectivity index (χ0) is 13.5. The summed E-state index contributed by atoms with van der Waals surface area (Å²) in [4.78, 5) is 10.9. The van der Waals surface area contributed by atoms with E-state index in [1.165, 1.54) is 12.1 Å². The normalized spacial score (nSPS) is 11.8. The minimum Gasteiger partial charge on any atom is -0.357 e. The number of nitrogens with zero attached hydrogens (tertiary/aromatic N) is 2. The Hall–Kier alpha value is -1.92. The zero-order valence-corrected chi connectivity index (χ0v) is 11.1. The summed E-state index contributed by atoms with van der Waals surface area (Å²) in [6, 6.07) is 9.66. The molecule has 0 radical (unpaired) electrons. The van der Waals surface area contributed by atoms with Gasteiger partial charge in [-0.3, -0.25) is 0 Å². The first-order valence-electron chi connectivity index (χ1n) is 5.40. The van der Waals surface area contributed by atoms with Gasteiger partial charge in [0, 0.05) is 6.20 Å². The molecule has 3 rings (SSSR count). The van der Waals surface area contributed by atoms with E-state index in [0.29, 0.717) is 11.0 Å². The summed E-state index contributed by atoms with van der Waals surface area (Å²) in [5.74, 6) is 0. The lowest BCUT2D eigenvalue weighted by molar-refractivity contribution is 0.588. The number of nitrogens with one attached hydrogen (secondary N) is 1. The van der Waals surface area contributed by atoms with Crippen LogP contribution in [0.2, 0.25) is 5.15 Å². The molecule has 0 amide bonds. The van der Waals surface area contributed by atoms with Crippen LogP contribution >= 0.6 is 11.6 Å². The van der Waals surface area contributed by atoms with E-state index in [-0.39, 0.29) is 15.2 Å². The van der Waals surface area contributed by atoms with Gasteiger partial charge in [-0.2, -0.15) is 0 Å². The third kappa shape index (κ3) is 1.98. The van der Waals surface area contributed by atoms with E-state index in [9.17, 15) is 8.42 Å². The van der Waals surface area contributed by atoms with Crippen molar-refractivity contribution >= 4 is 32.5 Å². The molecule has 3 aromatic rings. The molecule has 0 atom stereocenters. The summed E-state index contributed by atoms with van der Waals surface area (Å²) in [6.07, 6.45) is 1.63. The van der Waals surface area contributed by atoms with Crippen LogP contribution in [0.3, 0.4) is 0 Å². The number of fused-ring (bicyclic) bond motifs is 1. The van der Waals surface area contributed by atoms with Crippen molar-refractivity contribution in [2.75, 3.05) is 0 Å². The van der Waals surface area contributed by atoms with Gasteiger partial charge in [0.1, 0.15) is 5.52 Å². The molecule has 2 heterocycles. The second-order valence-electron chi connectivity index (χ2n) is 3.85. The van der Waals surface area contributed by atoms with Crippen LogP contribution in [-0.4, -0.2) is 23.4 Å². The van der Waals surface area contributed by atoms with E-state index in [2.05, 4.69) is 15.0 Å². The maximum atomic E-state index is 12.4. The van der Waals surface area contributed by atoms with E-state index in [1.54, 1.807) is 30.5 Å². The molecule has 2 aromatic heterocycles. The topological polar surface area (TPSA) is 75.7 Å². The predicted octanol–water partition coefficient (Wildman–Crippen LogP) is 2.44. The minimum atomic E-state index is -3.75. The van der Waals surface area contributed by atoms with Crippen LogP contribution in [0.1, 0.15) is 0 Å². The number of hydrogen-bond acceptors (Lipinski definition) is 4. The van der Waals surface area contributed by atoms with Crippen molar-refractivity contribution in [1.82, 2.24) is 15.0 Å². The summed E-state index contributed by atoms with van der Waals surface area (Å²) in [7, 11) is -3.75. The largest absolute Gasteiger partial charge is 0.357 e. The maximum Gasteiger partial charge on any atom is 0.254 e. The molecule has 0 unspecified atom stereocenters. The van der Waals surface area contributed by atoms with Gasteiger partial charge in [0.15, 0.2) is 5.15 Å². The predicted molar refractivity (Wildman–Crippen MR) is 70.8 cm³/mol. The molecule has 0 bridgehead atoms. The molecular weight excluding hydrogens is 286 g/mol. The highest BCUT2D eigenvalue weighted by Crippen LogP contribution is 2.23. The van der Waals surface area contributed by atoms with E-state index in [4.69, 9.17) is 11.6 Å². The standard InChI is InChI=1S/C12H8ClN3O2S/c13-11-10-9(6-7-14-10)15-12(16-11)19(17,18)8-4-2-1-3-5-8/h1-7,14H. The van der Waals surface area contributed by atoms with Crippen LogP contribution in [0.5, 0.6) is 0 Å². The second-order valence-corrected chi connectivity index (χ2v) is 6.05. The summed E-state index contributed by atoms with van der Waals surface area (Å²) in [5.41, 5.74) is 0.989. The number of aromatic amines is 1. The number of rotatable bonds is 2. The van der Waals surface area contributed by atoms with Crippen molar-refractivity contribution in [2.24, 2.45) is 0 Å². The Morgan fingerprint density at radius 1 is 1.05 bits per heavy atom. The molecule has 0 aliphatic rings. The molecule has 0 saturated heterocycles. The van der Waals surface area contributed by atoms with Gasteiger partial charge in [-0.05, 0) is 18.2 Å². The first-order chi connectivity index (χ1) is 9.09. The molecule has 96 valence electrons. The fraction of sp³-hybridized carbons (Fsp3) is 0. The van der Waals surface area contributed by atoms with Gasteiger partial charge in [-0.15, -0.1) is 0 Å². The molecule has 5 nitrogen and oxygen atoms in total. The van der Waals surface area contributed by atoms with Gasteiger partial charge in [-0.1, -0.05) is 29.8 Å². The van der Waals surface area contributed by atoms with E-state index in [0.717, 1.165) is 0 Å². The smallest absolute Gasteiger partial charge is 0.254 e. The second kappa shape index (κ2) is 4.32. The van der Waals surface area contributed by atoms with Crippen LogP contribution in [-0.2, 0) is 9.84 Å². The highest BCUT2D eigenvalue weighted by molar-refractivity contribution is 7.91. The van der Waals surface area contributed by atoms with Crippen LogP contribution in [0.15, 0.2) is 52.6 Å². The van der Waals surface area contributed by atoms with Crippen molar-refractivity contribution < 1.29 is 8.42 Å². The summed E-state index contributed by atoms with van der Waals surface area (Å²) >= 11 is 5.95. The fourth-order valence-electron chi connectivity index (χ4n) is 1.71. The molecule has 0 aliphatic heterocycles. The van der Waals surface area contributed by atoms with E-state index < -0.39 is 9.84 Å². The number of benzene rings is 1. The average molecular weight is 294 g/mol. The average Bonchev–Trinajstić information content (AvgIpc) is 2.88. The molecular formula is C12H8ClN3O2S. The van der Waals surface area contributed by atoms with Gasteiger partial charge in [0.05, 0.1) is 10.4 Å². The van der Waals surface area contributed by atoms with Gasteiger partial charge < -0.3 is 4.98 Å². The monoisotopic (exact) mass is 293 g/mol. The molecule has 0 aliphatic carbocycles. The summed E-state index contributed by atoms with van der Waals surface area (Å²) < 4.78 is 24.7. The lowest BCUT2D eigenvalue weighted by Gasteiger charge is -2.03. The zero-order valence-electron chi connectivity index (χ0n) is 9.54. The molecule has 1 N–H and O–H groups in total. The third-order valence-corrected chi connectivity index (χ3v) is 4.46. The SMILES string of the molecule is O=S(=O)(c1ccccc1)c1nc(Cl)c2[nH]ccc2n1. The Bertz CT molecular complexity index is 844. The summed E-state index contributed by atoms with van der Waals surface area (Å²) in [5, 5.41) is -0.208. The Labute approximate surface area is 114 Å². The highest BCUT2D eigenvalue weighted by atomic mass is 35.5. The number of halogens is 1. The van der Waals surface area contributed by atoms with Crippen molar-refractivity contribution in [3.63, 3.8) is 0 Å². The number of H-pyrrole nitrogens is 1. The van der Waals surface area contributed by atoms with Crippen molar-refractivity contribution in [1.29, 1.82) is 0 Å². The fourth-order valence-corrected chi connectivity index (χ4v) is 3.15. The van der Waals surface area contributed by atoms with Gasteiger partial charge in [0.25, 0.3) is 5.16 Å².